The number of thiophene rings is 1. The van der Waals surface area contributed by atoms with Crippen molar-refractivity contribution in [2.75, 3.05) is 0 Å². The van der Waals surface area contributed by atoms with Crippen LogP contribution in [0.15, 0.2) is 102 Å². The van der Waals surface area contributed by atoms with Gasteiger partial charge in [-0.3, -0.25) is 4.57 Å². The van der Waals surface area contributed by atoms with Gasteiger partial charge in [0.15, 0.2) is 0 Å². The molecule has 0 radical (unpaired) electrons. The van der Waals surface area contributed by atoms with E-state index >= 15 is 0 Å². The van der Waals surface area contributed by atoms with E-state index in [1.165, 1.54) is 32.3 Å². The smallest absolute Gasteiger partial charge is 0.147 e. The maximum Gasteiger partial charge on any atom is 0.147 e. The lowest BCUT2D eigenvalue weighted by molar-refractivity contribution is 1.11. The van der Waals surface area contributed by atoms with Gasteiger partial charge in [0, 0.05) is 26.7 Å². The van der Waals surface area contributed by atoms with Crippen LogP contribution in [-0.2, 0) is 0 Å². The molecule has 0 saturated carbocycles. The number of aromatic nitrogens is 2. The SMILES string of the molecule is Cc1ccc2c(-c3nc4ccccc4n3-c3ccc(-c4ccccc4)cc3)csc2c1. The van der Waals surface area contributed by atoms with Crippen molar-refractivity contribution < 1.29 is 0 Å². The van der Waals surface area contributed by atoms with Gasteiger partial charge in [-0.2, -0.15) is 0 Å². The van der Waals surface area contributed by atoms with Gasteiger partial charge in [0.2, 0.25) is 0 Å². The van der Waals surface area contributed by atoms with Crippen LogP contribution in [0.3, 0.4) is 0 Å². The van der Waals surface area contributed by atoms with Crippen molar-refractivity contribution in [3.05, 3.63) is 108 Å². The van der Waals surface area contributed by atoms with Crippen LogP contribution in [0.1, 0.15) is 5.56 Å². The minimum Gasteiger partial charge on any atom is -0.292 e. The summed E-state index contributed by atoms with van der Waals surface area (Å²) in [6, 6.07) is 34.3. The molecule has 0 fully saturated rings. The third-order valence-electron chi connectivity index (χ3n) is 5.77. The molecule has 0 aliphatic heterocycles. The average molecular weight is 417 g/mol. The maximum atomic E-state index is 5.05. The highest BCUT2D eigenvalue weighted by Gasteiger charge is 2.17. The number of hydrogen-bond acceptors (Lipinski definition) is 2. The van der Waals surface area contributed by atoms with Crippen molar-refractivity contribution in [2.24, 2.45) is 0 Å². The van der Waals surface area contributed by atoms with Gasteiger partial charge < -0.3 is 0 Å². The Bertz CT molecular complexity index is 1520. The predicted molar refractivity (Wildman–Crippen MR) is 132 cm³/mol. The molecule has 0 amide bonds. The van der Waals surface area contributed by atoms with Crippen molar-refractivity contribution in [1.82, 2.24) is 9.55 Å². The average Bonchev–Trinajstić information content (AvgIpc) is 3.40. The number of aryl methyl sites for hydroxylation is 1. The summed E-state index contributed by atoms with van der Waals surface area (Å²) < 4.78 is 3.58. The van der Waals surface area contributed by atoms with Gasteiger partial charge in [-0.05, 0) is 53.9 Å². The summed E-state index contributed by atoms with van der Waals surface area (Å²) in [7, 11) is 0. The zero-order valence-electron chi connectivity index (χ0n) is 17.1. The number of hydrogen-bond donors (Lipinski definition) is 0. The van der Waals surface area contributed by atoms with E-state index in [-0.39, 0.29) is 0 Å². The van der Waals surface area contributed by atoms with Gasteiger partial charge in [0.25, 0.3) is 0 Å². The number of fused-ring (bicyclic) bond motifs is 2. The molecule has 2 aromatic heterocycles. The fourth-order valence-corrected chi connectivity index (χ4v) is 5.25. The van der Waals surface area contributed by atoms with Gasteiger partial charge in [-0.1, -0.05) is 66.7 Å². The molecular formula is C28H20N2S. The predicted octanol–water partition coefficient (Wildman–Crippen LogP) is 7.88. The van der Waals surface area contributed by atoms with Crippen molar-refractivity contribution in [2.45, 2.75) is 6.92 Å². The first-order chi connectivity index (χ1) is 15.3. The molecule has 0 spiro atoms. The van der Waals surface area contributed by atoms with E-state index in [1.54, 1.807) is 11.3 Å². The third kappa shape index (κ3) is 3.06. The first-order valence-electron chi connectivity index (χ1n) is 10.4. The van der Waals surface area contributed by atoms with Crippen LogP contribution in [0, 0.1) is 6.92 Å². The number of para-hydroxylation sites is 2. The van der Waals surface area contributed by atoms with Crippen LogP contribution in [0.25, 0.3) is 49.3 Å². The molecule has 0 aliphatic carbocycles. The molecule has 0 N–H and O–H groups in total. The molecule has 31 heavy (non-hydrogen) atoms. The molecule has 148 valence electrons. The van der Waals surface area contributed by atoms with E-state index in [0.29, 0.717) is 0 Å². The Labute approximate surface area is 185 Å². The normalized spacial score (nSPS) is 11.4. The molecule has 0 aliphatic rings. The molecule has 0 atom stereocenters. The largest absolute Gasteiger partial charge is 0.292 e. The maximum absolute atomic E-state index is 5.05. The highest BCUT2D eigenvalue weighted by Crippen LogP contribution is 2.37. The first kappa shape index (κ1) is 18.1. The summed E-state index contributed by atoms with van der Waals surface area (Å²) in [5.41, 5.74) is 8.16. The van der Waals surface area contributed by atoms with E-state index in [4.69, 9.17) is 4.98 Å². The number of nitrogens with zero attached hydrogens (tertiary/aromatic N) is 2. The minimum atomic E-state index is 0.990. The highest BCUT2D eigenvalue weighted by molar-refractivity contribution is 7.17. The van der Waals surface area contributed by atoms with Gasteiger partial charge >= 0.3 is 0 Å². The van der Waals surface area contributed by atoms with Crippen LogP contribution in [-0.4, -0.2) is 9.55 Å². The highest BCUT2D eigenvalue weighted by atomic mass is 32.1. The Kier molecular flexibility index (Phi) is 4.22. The summed E-state index contributed by atoms with van der Waals surface area (Å²) in [4.78, 5) is 5.05. The molecule has 6 aromatic rings. The minimum absolute atomic E-state index is 0.990. The molecular weight excluding hydrogens is 396 g/mol. The Morgan fingerprint density at radius 2 is 1.48 bits per heavy atom. The standard InChI is InChI=1S/C28H20N2S/c1-19-11-16-23-24(18-31-27(23)17-19)28-29-25-9-5-6-10-26(25)30(28)22-14-12-21(13-15-22)20-7-3-2-4-8-20/h2-18H,1H3. The molecule has 3 heteroatoms. The topological polar surface area (TPSA) is 17.8 Å². The van der Waals surface area contributed by atoms with Crippen LogP contribution in [0.4, 0.5) is 0 Å². The summed E-state index contributed by atoms with van der Waals surface area (Å²) in [6.07, 6.45) is 0. The third-order valence-corrected chi connectivity index (χ3v) is 6.71. The van der Waals surface area contributed by atoms with E-state index in [0.717, 1.165) is 22.5 Å². The zero-order valence-corrected chi connectivity index (χ0v) is 17.9. The lowest BCUT2D eigenvalue weighted by Gasteiger charge is -2.10. The fraction of sp³-hybridized carbons (Fsp3) is 0.0357. The molecule has 0 bridgehead atoms. The quantitative estimate of drug-likeness (QED) is 0.287. The number of imidazole rings is 1. The van der Waals surface area contributed by atoms with Crippen LogP contribution in [0.5, 0.6) is 0 Å². The Hall–Kier alpha value is -3.69. The molecule has 0 unspecified atom stereocenters. The summed E-state index contributed by atoms with van der Waals surface area (Å²) in [6.45, 7) is 2.14. The second kappa shape index (κ2) is 7.22. The molecule has 4 aromatic carbocycles. The number of rotatable bonds is 3. The fourth-order valence-electron chi connectivity index (χ4n) is 4.21. The van der Waals surface area contributed by atoms with Gasteiger partial charge in [0.1, 0.15) is 5.82 Å². The van der Waals surface area contributed by atoms with Crippen LogP contribution < -0.4 is 0 Å². The second-order valence-electron chi connectivity index (χ2n) is 7.82. The van der Waals surface area contributed by atoms with Gasteiger partial charge in [0.05, 0.1) is 11.0 Å². The Morgan fingerprint density at radius 3 is 2.32 bits per heavy atom. The monoisotopic (exact) mass is 416 g/mol. The zero-order chi connectivity index (χ0) is 20.8. The van der Waals surface area contributed by atoms with E-state index in [2.05, 4.69) is 114 Å². The summed E-state index contributed by atoms with van der Waals surface area (Å²) in [5, 5.41) is 3.49. The summed E-state index contributed by atoms with van der Waals surface area (Å²) in [5.74, 6) is 0.990. The van der Waals surface area contributed by atoms with Crippen molar-refractivity contribution >= 4 is 32.5 Å². The lowest BCUT2D eigenvalue weighted by atomic mass is 10.1. The first-order valence-corrected chi connectivity index (χ1v) is 11.3. The number of benzene rings is 4. The van der Waals surface area contributed by atoms with E-state index < -0.39 is 0 Å². The second-order valence-corrected chi connectivity index (χ2v) is 8.73. The molecule has 2 nitrogen and oxygen atoms in total. The van der Waals surface area contributed by atoms with E-state index in [9.17, 15) is 0 Å². The molecule has 2 heterocycles. The Morgan fingerprint density at radius 1 is 0.742 bits per heavy atom. The molecule has 6 rings (SSSR count). The van der Waals surface area contributed by atoms with E-state index in [1.807, 2.05) is 0 Å². The lowest BCUT2D eigenvalue weighted by Crippen LogP contribution is -1.97. The van der Waals surface area contributed by atoms with Gasteiger partial charge in [-0.25, -0.2) is 4.98 Å². The van der Waals surface area contributed by atoms with Crippen LogP contribution in [0.2, 0.25) is 0 Å². The summed E-state index contributed by atoms with van der Waals surface area (Å²) >= 11 is 1.78. The van der Waals surface area contributed by atoms with Crippen LogP contribution >= 0.6 is 11.3 Å². The van der Waals surface area contributed by atoms with Crippen molar-refractivity contribution in [3.8, 4) is 28.2 Å². The molecule has 0 saturated heterocycles. The van der Waals surface area contributed by atoms with Crippen molar-refractivity contribution in [1.29, 1.82) is 0 Å². The Balaban J connectivity index is 1.56. The van der Waals surface area contributed by atoms with Gasteiger partial charge in [-0.15, -0.1) is 11.3 Å². The van der Waals surface area contributed by atoms with Crippen molar-refractivity contribution in [3.63, 3.8) is 0 Å².